The van der Waals surface area contributed by atoms with Gasteiger partial charge in [0.2, 0.25) is 0 Å². The molecule has 0 unspecified atom stereocenters. The third-order valence-electron chi connectivity index (χ3n) is 2.84. The van der Waals surface area contributed by atoms with Gasteiger partial charge in [0.05, 0.1) is 32.7 Å². The molecule has 0 fully saturated rings. The van der Waals surface area contributed by atoms with E-state index in [0.29, 0.717) is 0 Å². The van der Waals surface area contributed by atoms with Gasteiger partial charge in [0.25, 0.3) is 0 Å². The zero-order valence-electron chi connectivity index (χ0n) is 13.5. The second-order valence-electron chi connectivity index (χ2n) is 6.11. The zero-order valence-corrected chi connectivity index (χ0v) is 13.5. The molecule has 0 heterocycles. The maximum atomic E-state index is 10.4. The molecule has 1 N–H and O–H groups in total. The molecule has 0 bridgehead atoms. The van der Waals surface area contributed by atoms with Crippen molar-refractivity contribution in [1.82, 2.24) is 0 Å². The number of benzene rings is 2. The zero-order chi connectivity index (χ0) is 17.5. The van der Waals surface area contributed by atoms with E-state index in [1.54, 1.807) is 0 Å². The molecular formula is C18H21NO4. The molecule has 0 aromatic heterocycles. The van der Waals surface area contributed by atoms with Crippen LogP contribution in [0.1, 0.15) is 26.3 Å². The number of carbonyl (C=O) groups excluding carboxylic acids is 1. The Bertz CT molecular complexity index is 631. The molecule has 2 aromatic carbocycles. The summed E-state index contributed by atoms with van der Waals surface area (Å²) in [6, 6.07) is 15.6. The minimum atomic E-state index is -1.38. The molecule has 0 spiro atoms. The predicted molar refractivity (Wildman–Crippen MR) is 85.9 cm³/mol. The third kappa shape index (κ3) is 7.24. The van der Waals surface area contributed by atoms with Gasteiger partial charge in [-0.25, -0.2) is 4.79 Å². The molecule has 0 aliphatic carbocycles. The maximum Gasteiger partial charge on any atom is 0.335 e. The van der Waals surface area contributed by atoms with E-state index in [2.05, 4.69) is 51.5 Å². The number of hydrogen-bond acceptors (Lipinski definition) is 3. The molecule has 2 aromatic rings. The predicted octanol–water partition coefficient (Wildman–Crippen LogP) is 1.64. The Labute approximate surface area is 136 Å². The molecule has 0 radical (unpaired) electrons. The fourth-order valence-electron chi connectivity index (χ4n) is 1.91. The maximum absolute atomic E-state index is 10.4. The molecule has 0 aliphatic rings. The fraction of sp³-hybridized carbons (Fsp3) is 0.222. The Kier molecular flexibility index (Phi) is 6.48. The molecule has 0 saturated heterocycles. The Morgan fingerprint density at radius 3 is 2.00 bits per heavy atom. The molecular weight excluding hydrogens is 294 g/mol. The van der Waals surface area contributed by atoms with E-state index < -0.39 is 11.9 Å². The number of rotatable bonds is 4. The first-order valence-corrected chi connectivity index (χ1v) is 7.08. The molecule has 0 saturated carbocycles. The normalized spacial score (nSPS) is 10.4. The van der Waals surface area contributed by atoms with Crippen LogP contribution >= 0.6 is 0 Å². The lowest BCUT2D eigenvalue weighted by Crippen LogP contribution is -2.33. The van der Waals surface area contributed by atoms with Crippen LogP contribution in [0.4, 0.5) is 0 Å². The third-order valence-corrected chi connectivity index (χ3v) is 2.84. The lowest BCUT2D eigenvalue weighted by molar-refractivity contribution is -0.884. The largest absolute Gasteiger partial charge is 0.545 e. The van der Waals surface area contributed by atoms with Gasteiger partial charge in [0.15, 0.2) is 0 Å². The van der Waals surface area contributed by atoms with E-state index in [1.165, 1.54) is 23.8 Å². The summed E-state index contributed by atoms with van der Waals surface area (Å²) in [5, 5.41) is 18.7. The fourth-order valence-corrected chi connectivity index (χ4v) is 1.91. The van der Waals surface area contributed by atoms with Gasteiger partial charge < -0.3 is 19.5 Å². The van der Waals surface area contributed by atoms with E-state index in [0.717, 1.165) is 17.1 Å². The van der Waals surface area contributed by atoms with Crippen molar-refractivity contribution in [3.8, 4) is 0 Å². The summed E-state index contributed by atoms with van der Waals surface area (Å²) in [7, 11) is 6.60. The summed E-state index contributed by atoms with van der Waals surface area (Å²) in [5.41, 5.74) is 1.21. The minimum absolute atomic E-state index is 0.0586. The highest BCUT2D eigenvalue weighted by molar-refractivity contribution is 5.92. The molecule has 2 rings (SSSR count). The summed E-state index contributed by atoms with van der Waals surface area (Å²) < 4.78 is 0.990. The van der Waals surface area contributed by atoms with E-state index in [1.807, 2.05) is 0 Å². The highest BCUT2D eigenvalue weighted by Gasteiger charge is 2.06. The first kappa shape index (κ1) is 18.4. The molecule has 5 heteroatoms. The van der Waals surface area contributed by atoms with E-state index >= 15 is 0 Å². The second kappa shape index (κ2) is 8.10. The van der Waals surface area contributed by atoms with Gasteiger partial charge in [-0.05, 0) is 17.7 Å². The first-order valence-electron chi connectivity index (χ1n) is 7.08. The Balaban J connectivity index is 0.000000231. The number of nitrogens with zero attached hydrogens (tertiary/aromatic N) is 1. The summed E-state index contributed by atoms with van der Waals surface area (Å²) in [4.78, 5) is 20.6. The van der Waals surface area contributed by atoms with Crippen molar-refractivity contribution >= 4 is 11.9 Å². The van der Waals surface area contributed by atoms with Crippen LogP contribution in [0.15, 0.2) is 54.6 Å². The van der Waals surface area contributed by atoms with E-state index in [9.17, 15) is 14.7 Å². The number of aromatic carboxylic acids is 2. The summed E-state index contributed by atoms with van der Waals surface area (Å²) in [6.45, 7) is 1.10. The highest BCUT2D eigenvalue weighted by atomic mass is 16.4. The van der Waals surface area contributed by atoms with Crippen molar-refractivity contribution < 1.29 is 24.3 Å². The van der Waals surface area contributed by atoms with Crippen molar-refractivity contribution in [2.75, 3.05) is 21.1 Å². The van der Waals surface area contributed by atoms with Gasteiger partial charge in [-0.1, -0.05) is 42.5 Å². The molecule has 0 amide bonds. The van der Waals surface area contributed by atoms with Crippen molar-refractivity contribution in [1.29, 1.82) is 0 Å². The Morgan fingerprint density at radius 1 is 0.957 bits per heavy atom. The van der Waals surface area contributed by atoms with Gasteiger partial charge in [0, 0.05) is 5.56 Å². The first-order chi connectivity index (χ1) is 10.7. The monoisotopic (exact) mass is 315 g/mol. The van der Waals surface area contributed by atoms with Crippen LogP contribution in [0, 0.1) is 0 Å². The number of carboxylic acids is 2. The topological polar surface area (TPSA) is 77.4 Å². The van der Waals surface area contributed by atoms with Crippen LogP contribution in [0.3, 0.4) is 0 Å². The smallest absolute Gasteiger partial charge is 0.335 e. The van der Waals surface area contributed by atoms with Crippen molar-refractivity contribution in [3.63, 3.8) is 0 Å². The van der Waals surface area contributed by atoms with Crippen LogP contribution in [-0.2, 0) is 6.54 Å². The average molecular weight is 315 g/mol. The van der Waals surface area contributed by atoms with E-state index in [4.69, 9.17) is 5.11 Å². The number of hydrogen-bond donors (Lipinski definition) is 1. The average Bonchev–Trinajstić information content (AvgIpc) is 2.47. The van der Waals surface area contributed by atoms with Gasteiger partial charge in [-0.3, -0.25) is 0 Å². The molecule has 122 valence electrons. The summed E-state index contributed by atoms with van der Waals surface area (Å²) in [6.07, 6.45) is 0. The Morgan fingerprint density at radius 2 is 1.52 bits per heavy atom. The highest BCUT2D eigenvalue weighted by Crippen LogP contribution is 2.05. The van der Waals surface area contributed by atoms with Gasteiger partial charge in [-0.2, -0.15) is 0 Å². The van der Waals surface area contributed by atoms with Crippen molar-refractivity contribution in [3.05, 3.63) is 71.3 Å². The van der Waals surface area contributed by atoms with Crippen molar-refractivity contribution in [2.24, 2.45) is 0 Å². The lowest BCUT2D eigenvalue weighted by atomic mass is 10.1. The molecule has 0 atom stereocenters. The SMILES string of the molecule is C[N+](C)(C)Cc1ccccc1.O=C([O-])c1cccc(C(=O)O)c1. The second-order valence-corrected chi connectivity index (χ2v) is 6.11. The summed E-state index contributed by atoms with van der Waals surface area (Å²) in [5.74, 6) is -2.53. The van der Waals surface area contributed by atoms with Gasteiger partial charge in [0.1, 0.15) is 6.54 Å². The molecule has 23 heavy (non-hydrogen) atoms. The number of carbonyl (C=O) groups is 2. The number of quaternary nitrogens is 1. The molecule has 0 aliphatic heterocycles. The quantitative estimate of drug-likeness (QED) is 0.870. The minimum Gasteiger partial charge on any atom is -0.545 e. The Hall–Kier alpha value is -2.66. The summed E-state index contributed by atoms with van der Waals surface area (Å²) >= 11 is 0. The van der Waals surface area contributed by atoms with Crippen LogP contribution < -0.4 is 5.11 Å². The lowest BCUT2D eigenvalue weighted by Gasteiger charge is -2.23. The van der Waals surface area contributed by atoms with Gasteiger partial charge in [-0.15, -0.1) is 0 Å². The van der Waals surface area contributed by atoms with Crippen LogP contribution in [0.2, 0.25) is 0 Å². The van der Waals surface area contributed by atoms with Crippen LogP contribution in [0.5, 0.6) is 0 Å². The van der Waals surface area contributed by atoms with Crippen LogP contribution in [-0.4, -0.2) is 42.7 Å². The van der Waals surface area contributed by atoms with Gasteiger partial charge >= 0.3 is 5.97 Å². The standard InChI is InChI=1S/C10H16N.C8H6O4/c1-11(2,3)9-10-7-5-4-6-8-10;9-7(10)5-2-1-3-6(4-5)8(11)12/h4-8H,9H2,1-3H3;1-4H,(H,9,10)(H,11,12)/q+1;/p-1. The van der Waals surface area contributed by atoms with Crippen LogP contribution in [0.25, 0.3) is 0 Å². The molecule has 5 nitrogen and oxygen atoms in total. The van der Waals surface area contributed by atoms with E-state index in [-0.39, 0.29) is 11.1 Å². The van der Waals surface area contributed by atoms with Crippen molar-refractivity contribution in [2.45, 2.75) is 6.54 Å². The number of carboxylic acid groups (broad SMARTS) is 2.